The van der Waals surface area contributed by atoms with Crippen LogP contribution in [0.4, 0.5) is 4.79 Å². The van der Waals surface area contributed by atoms with E-state index in [0.717, 1.165) is 0 Å². The lowest BCUT2D eigenvalue weighted by Gasteiger charge is -2.25. The van der Waals surface area contributed by atoms with Crippen molar-refractivity contribution in [2.45, 2.75) is 65.6 Å². The summed E-state index contributed by atoms with van der Waals surface area (Å²) in [6.07, 6.45) is -0.0369. The summed E-state index contributed by atoms with van der Waals surface area (Å²) in [5.41, 5.74) is 6.91. The van der Waals surface area contributed by atoms with E-state index in [9.17, 15) is 9.59 Å². The second-order valence-electron chi connectivity index (χ2n) is 6.10. The summed E-state index contributed by atoms with van der Waals surface area (Å²) in [5.74, 6) is -0.655. The number of alkyl carbamates (subject to hydrolysis) is 1. The van der Waals surface area contributed by atoms with Crippen molar-refractivity contribution in [3.8, 4) is 0 Å². The molecule has 0 saturated heterocycles. The van der Waals surface area contributed by atoms with Crippen LogP contribution in [0.15, 0.2) is 0 Å². The van der Waals surface area contributed by atoms with Crippen LogP contribution in [0.2, 0.25) is 0 Å². The number of hydrogen-bond donors (Lipinski definition) is 1. The molecule has 6 heteroatoms. The van der Waals surface area contributed by atoms with Gasteiger partial charge in [-0.1, -0.05) is 20.8 Å². The molecular weight excluding hydrogens is 260 g/mol. The lowest BCUT2D eigenvalue weighted by Crippen LogP contribution is -2.47. The van der Waals surface area contributed by atoms with E-state index in [2.05, 4.69) is 5.32 Å². The van der Waals surface area contributed by atoms with Gasteiger partial charge in [0.15, 0.2) is 0 Å². The molecule has 0 heterocycles. The van der Waals surface area contributed by atoms with Crippen LogP contribution in [0.5, 0.6) is 0 Å². The average molecular weight is 287 g/mol. The zero-order valence-corrected chi connectivity index (χ0v) is 13.3. The van der Waals surface area contributed by atoms with E-state index in [4.69, 9.17) is 15.2 Å². The standard InChI is InChI=1S/C14H27N2O4/c1-7-10(15)8-19-12(17)11(9(2)3)16-13(18)20-14(4,5)6/h9-11,15H,7-8H2,1-6H3,(H,16,18)/t10-,11+/m1/s1. The van der Waals surface area contributed by atoms with Gasteiger partial charge in [0, 0.05) is 0 Å². The number of esters is 1. The summed E-state index contributed by atoms with van der Waals surface area (Å²) in [6.45, 7) is 10.8. The van der Waals surface area contributed by atoms with Crippen molar-refractivity contribution in [3.63, 3.8) is 0 Å². The highest BCUT2D eigenvalue weighted by atomic mass is 16.6. The summed E-state index contributed by atoms with van der Waals surface area (Å²) >= 11 is 0. The molecule has 20 heavy (non-hydrogen) atoms. The van der Waals surface area contributed by atoms with Gasteiger partial charge in [-0.3, -0.25) is 5.73 Å². The third-order valence-corrected chi connectivity index (χ3v) is 2.51. The SMILES string of the molecule is CC[C@@H]([NH])COC(=O)[C@@H](NC(=O)OC(C)(C)C)C(C)C. The van der Waals surface area contributed by atoms with E-state index < -0.39 is 29.7 Å². The van der Waals surface area contributed by atoms with Gasteiger partial charge in [0.05, 0.1) is 6.04 Å². The second-order valence-corrected chi connectivity index (χ2v) is 6.10. The fraction of sp³-hybridized carbons (Fsp3) is 0.857. The maximum atomic E-state index is 11.9. The van der Waals surface area contributed by atoms with Gasteiger partial charge in [0.1, 0.15) is 18.2 Å². The molecule has 0 rings (SSSR count). The molecule has 1 amide bonds. The zero-order chi connectivity index (χ0) is 15.9. The Morgan fingerprint density at radius 1 is 1.25 bits per heavy atom. The van der Waals surface area contributed by atoms with Crippen molar-refractivity contribution < 1.29 is 19.1 Å². The maximum absolute atomic E-state index is 11.9. The van der Waals surface area contributed by atoms with E-state index in [1.54, 1.807) is 34.6 Å². The van der Waals surface area contributed by atoms with Crippen molar-refractivity contribution in [2.24, 2.45) is 5.92 Å². The third kappa shape index (κ3) is 7.99. The molecule has 6 nitrogen and oxygen atoms in total. The van der Waals surface area contributed by atoms with Crippen LogP contribution in [-0.2, 0) is 14.3 Å². The fourth-order valence-corrected chi connectivity index (χ4v) is 1.32. The van der Waals surface area contributed by atoms with Gasteiger partial charge in [0.2, 0.25) is 0 Å². The Morgan fingerprint density at radius 3 is 2.20 bits per heavy atom. The average Bonchev–Trinajstić information content (AvgIpc) is 2.29. The largest absolute Gasteiger partial charge is 0.462 e. The number of carbonyl (C=O) groups excluding carboxylic acids is 2. The first kappa shape index (κ1) is 18.7. The predicted octanol–water partition coefficient (Wildman–Crippen LogP) is 2.14. The molecule has 1 radical (unpaired) electrons. The van der Waals surface area contributed by atoms with E-state index in [1.807, 2.05) is 6.92 Å². The van der Waals surface area contributed by atoms with Crippen LogP contribution in [-0.4, -0.2) is 36.4 Å². The quantitative estimate of drug-likeness (QED) is 0.758. The van der Waals surface area contributed by atoms with E-state index in [0.29, 0.717) is 6.42 Å². The molecule has 0 saturated carbocycles. The van der Waals surface area contributed by atoms with Crippen LogP contribution in [0.25, 0.3) is 0 Å². The summed E-state index contributed by atoms with van der Waals surface area (Å²) in [4.78, 5) is 23.6. The lowest BCUT2D eigenvalue weighted by molar-refractivity contribution is -0.148. The number of carbonyl (C=O) groups is 2. The normalized spacial score (nSPS) is 14.6. The van der Waals surface area contributed by atoms with Gasteiger partial charge in [-0.2, -0.15) is 0 Å². The number of amides is 1. The molecule has 0 aliphatic heterocycles. The minimum absolute atomic E-state index is 0.0363. The minimum Gasteiger partial charge on any atom is -0.462 e. The van der Waals surface area contributed by atoms with Gasteiger partial charge in [-0.15, -0.1) is 0 Å². The van der Waals surface area contributed by atoms with E-state index in [-0.39, 0.29) is 12.5 Å². The molecule has 117 valence electrons. The Labute approximate surface area is 121 Å². The Balaban J connectivity index is 4.49. The number of rotatable bonds is 6. The molecule has 0 aliphatic carbocycles. The van der Waals surface area contributed by atoms with Gasteiger partial charge < -0.3 is 14.8 Å². The van der Waals surface area contributed by atoms with E-state index >= 15 is 0 Å². The Bertz CT molecular complexity index is 324. The Hall–Kier alpha value is -1.30. The first-order valence-electron chi connectivity index (χ1n) is 6.94. The number of nitrogens with one attached hydrogen (secondary N) is 2. The van der Waals surface area contributed by atoms with Crippen LogP contribution >= 0.6 is 0 Å². The summed E-state index contributed by atoms with van der Waals surface area (Å²) < 4.78 is 10.2. The van der Waals surface area contributed by atoms with Gasteiger partial charge >= 0.3 is 12.1 Å². The zero-order valence-electron chi connectivity index (χ0n) is 13.3. The van der Waals surface area contributed by atoms with Crippen molar-refractivity contribution in [1.82, 2.24) is 11.1 Å². The summed E-state index contributed by atoms with van der Waals surface area (Å²) in [5, 5.41) is 2.52. The van der Waals surface area contributed by atoms with Crippen LogP contribution in [0, 0.1) is 5.92 Å². The van der Waals surface area contributed by atoms with Crippen LogP contribution in [0.3, 0.4) is 0 Å². The molecule has 0 fully saturated rings. The van der Waals surface area contributed by atoms with Crippen LogP contribution in [0.1, 0.15) is 48.0 Å². The van der Waals surface area contributed by atoms with Gasteiger partial charge in [-0.25, -0.2) is 9.59 Å². The lowest BCUT2D eigenvalue weighted by atomic mass is 10.1. The monoisotopic (exact) mass is 287 g/mol. The van der Waals surface area contributed by atoms with Crippen molar-refractivity contribution in [2.75, 3.05) is 6.61 Å². The first-order valence-corrected chi connectivity index (χ1v) is 6.94. The van der Waals surface area contributed by atoms with Crippen molar-refractivity contribution in [1.29, 1.82) is 0 Å². The minimum atomic E-state index is -0.770. The first-order chi connectivity index (χ1) is 9.06. The molecule has 2 N–H and O–H groups in total. The third-order valence-electron chi connectivity index (χ3n) is 2.51. The molecule has 0 aromatic rings. The summed E-state index contributed by atoms with van der Waals surface area (Å²) in [6, 6.07) is -1.21. The predicted molar refractivity (Wildman–Crippen MR) is 76.1 cm³/mol. The number of hydrogen-bond acceptors (Lipinski definition) is 4. The molecule has 0 aliphatic rings. The molecule has 0 aromatic carbocycles. The molecule has 0 bridgehead atoms. The highest BCUT2D eigenvalue weighted by Crippen LogP contribution is 2.09. The van der Waals surface area contributed by atoms with Crippen molar-refractivity contribution >= 4 is 12.1 Å². The summed E-state index contributed by atoms with van der Waals surface area (Å²) in [7, 11) is 0. The topological polar surface area (TPSA) is 88.4 Å². The van der Waals surface area contributed by atoms with Gasteiger partial charge in [0.25, 0.3) is 0 Å². The highest BCUT2D eigenvalue weighted by Gasteiger charge is 2.28. The number of ether oxygens (including phenoxy) is 2. The Kier molecular flexibility index (Phi) is 7.57. The van der Waals surface area contributed by atoms with Gasteiger partial charge in [-0.05, 0) is 33.1 Å². The second kappa shape index (κ2) is 8.09. The molecular formula is C14H27N2O4. The fourth-order valence-electron chi connectivity index (χ4n) is 1.32. The van der Waals surface area contributed by atoms with Crippen molar-refractivity contribution in [3.05, 3.63) is 0 Å². The van der Waals surface area contributed by atoms with Crippen LogP contribution < -0.4 is 11.1 Å². The maximum Gasteiger partial charge on any atom is 0.408 e. The molecule has 0 aromatic heterocycles. The Morgan fingerprint density at radius 2 is 1.80 bits per heavy atom. The molecule has 0 spiro atoms. The molecule has 0 unspecified atom stereocenters. The smallest absolute Gasteiger partial charge is 0.408 e. The van der Waals surface area contributed by atoms with E-state index in [1.165, 1.54) is 0 Å². The highest BCUT2D eigenvalue weighted by molar-refractivity contribution is 5.81. The molecule has 2 atom stereocenters.